The Bertz CT molecular complexity index is 639. The van der Waals surface area contributed by atoms with Gasteiger partial charge in [0, 0.05) is 17.4 Å². The van der Waals surface area contributed by atoms with E-state index in [-0.39, 0.29) is 23.9 Å². The molecule has 0 amide bonds. The van der Waals surface area contributed by atoms with E-state index in [4.69, 9.17) is 11.6 Å². The summed E-state index contributed by atoms with van der Waals surface area (Å²) in [4.78, 5) is 12.2. The van der Waals surface area contributed by atoms with E-state index in [1.165, 1.54) is 23.8 Å². The fourth-order valence-electron chi connectivity index (χ4n) is 2.62. The van der Waals surface area contributed by atoms with Gasteiger partial charge in [-0.1, -0.05) is 41.9 Å². The van der Waals surface area contributed by atoms with Crippen LogP contribution in [0.4, 0.5) is 4.39 Å². The molecular formula is C17H14ClFO. The zero-order chi connectivity index (χ0) is 14.1. The number of hydrogen-bond acceptors (Lipinski definition) is 1. The van der Waals surface area contributed by atoms with Crippen LogP contribution in [0.2, 0.25) is 5.02 Å². The molecule has 20 heavy (non-hydrogen) atoms. The minimum Gasteiger partial charge on any atom is -0.299 e. The molecule has 1 aliphatic rings. The van der Waals surface area contributed by atoms with Gasteiger partial charge in [0.05, 0.1) is 0 Å². The molecule has 3 rings (SSSR count). The molecule has 102 valence electrons. The third-order valence-electron chi connectivity index (χ3n) is 3.80. The van der Waals surface area contributed by atoms with Crippen molar-refractivity contribution in [3.8, 4) is 0 Å². The molecule has 3 heteroatoms. The highest BCUT2D eigenvalue weighted by Crippen LogP contribution is 2.48. The van der Waals surface area contributed by atoms with Crippen molar-refractivity contribution >= 4 is 17.4 Å². The van der Waals surface area contributed by atoms with Crippen molar-refractivity contribution in [3.63, 3.8) is 0 Å². The summed E-state index contributed by atoms with van der Waals surface area (Å²) in [5.74, 6) is 0.159. The molecule has 1 aliphatic carbocycles. The molecular weight excluding hydrogens is 275 g/mol. The second kappa shape index (κ2) is 5.37. The predicted octanol–water partition coefficient (Wildman–Crippen LogP) is 4.39. The third kappa shape index (κ3) is 2.75. The smallest absolute Gasteiger partial charge is 0.141 e. The third-order valence-corrected chi connectivity index (χ3v) is 4.17. The van der Waals surface area contributed by atoms with Crippen molar-refractivity contribution in [1.29, 1.82) is 0 Å². The summed E-state index contributed by atoms with van der Waals surface area (Å²) in [6.45, 7) is 0. The number of Topliss-reactive ketones (excluding diaryl/α,β-unsaturated/α-hetero) is 1. The first-order valence-electron chi connectivity index (χ1n) is 6.67. The minimum absolute atomic E-state index is 0.0525. The maximum absolute atomic E-state index is 13.2. The molecule has 0 N–H and O–H groups in total. The Balaban J connectivity index is 1.68. The van der Waals surface area contributed by atoms with Crippen molar-refractivity contribution in [2.75, 3.05) is 0 Å². The van der Waals surface area contributed by atoms with Crippen LogP contribution < -0.4 is 0 Å². The second-order valence-electron chi connectivity index (χ2n) is 5.24. The lowest BCUT2D eigenvalue weighted by Gasteiger charge is -2.04. The Morgan fingerprint density at radius 3 is 2.70 bits per heavy atom. The van der Waals surface area contributed by atoms with Gasteiger partial charge in [0.1, 0.15) is 11.6 Å². The van der Waals surface area contributed by atoms with Crippen molar-refractivity contribution < 1.29 is 9.18 Å². The molecule has 0 aliphatic heterocycles. The summed E-state index contributed by atoms with van der Waals surface area (Å²) in [7, 11) is 0. The van der Waals surface area contributed by atoms with E-state index in [1.807, 2.05) is 30.3 Å². The summed E-state index contributed by atoms with van der Waals surface area (Å²) >= 11 is 6.00. The first-order chi connectivity index (χ1) is 9.65. The molecule has 2 aromatic carbocycles. The number of benzene rings is 2. The van der Waals surface area contributed by atoms with Gasteiger partial charge in [-0.3, -0.25) is 4.79 Å². The molecule has 2 unspecified atom stereocenters. The Labute approximate surface area is 122 Å². The summed E-state index contributed by atoms with van der Waals surface area (Å²) < 4.78 is 13.2. The zero-order valence-electron chi connectivity index (χ0n) is 10.9. The van der Waals surface area contributed by atoms with Crippen LogP contribution in [-0.2, 0) is 11.2 Å². The fourth-order valence-corrected chi connectivity index (χ4v) is 2.80. The van der Waals surface area contributed by atoms with Gasteiger partial charge in [-0.15, -0.1) is 0 Å². The van der Waals surface area contributed by atoms with E-state index in [0.29, 0.717) is 16.5 Å². The Morgan fingerprint density at radius 1 is 1.20 bits per heavy atom. The van der Waals surface area contributed by atoms with Crippen LogP contribution in [0.5, 0.6) is 0 Å². The molecule has 0 aromatic heterocycles. The lowest BCUT2D eigenvalue weighted by molar-refractivity contribution is -0.119. The number of ketones is 1. The number of rotatable bonds is 4. The lowest BCUT2D eigenvalue weighted by Crippen LogP contribution is -2.07. The number of carbonyl (C=O) groups excluding carboxylic acids is 1. The van der Waals surface area contributed by atoms with Gasteiger partial charge in [-0.05, 0) is 41.7 Å². The Kier molecular flexibility index (Phi) is 3.58. The van der Waals surface area contributed by atoms with Gasteiger partial charge in [-0.25, -0.2) is 4.39 Å². The molecule has 0 heterocycles. The molecule has 0 spiro atoms. The van der Waals surface area contributed by atoms with Gasteiger partial charge in [0.25, 0.3) is 0 Å². The average molecular weight is 289 g/mol. The van der Waals surface area contributed by atoms with E-state index in [0.717, 1.165) is 6.42 Å². The molecule has 0 saturated heterocycles. The Morgan fingerprint density at radius 2 is 1.95 bits per heavy atom. The van der Waals surface area contributed by atoms with E-state index >= 15 is 0 Å². The zero-order valence-corrected chi connectivity index (χ0v) is 11.6. The molecule has 0 radical (unpaired) electrons. The standard InChI is InChI=1S/C17H14ClFO/c18-16-7-6-13(19)8-12(16)9-17(20)15-10-14(15)11-4-2-1-3-5-11/h1-8,14-15H,9-10H2. The van der Waals surface area contributed by atoms with Gasteiger partial charge < -0.3 is 0 Å². The average Bonchev–Trinajstić information content (AvgIpc) is 3.24. The largest absolute Gasteiger partial charge is 0.299 e. The molecule has 1 saturated carbocycles. The molecule has 0 bridgehead atoms. The maximum Gasteiger partial charge on any atom is 0.141 e. The molecule has 1 nitrogen and oxygen atoms in total. The van der Waals surface area contributed by atoms with E-state index < -0.39 is 0 Å². The van der Waals surface area contributed by atoms with Gasteiger partial charge in [0.2, 0.25) is 0 Å². The second-order valence-corrected chi connectivity index (χ2v) is 5.65. The normalized spacial score (nSPS) is 20.7. The van der Waals surface area contributed by atoms with Crippen molar-refractivity contribution in [3.05, 3.63) is 70.5 Å². The molecule has 2 atom stereocenters. The van der Waals surface area contributed by atoms with Crippen LogP contribution >= 0.6 is 11.6 Å². The topological polar surface area (TPSA) is 17.1 Å². The number of carbonyl (C=O) groups is 1. The maximum atomic E-state index is 13.2. The van der Waals surface area contributed by atoms with Gasteiger partial charge >= 0.3 is 0 Å². The van der Waals surface area contributed by atoms with Crippen LogP contribution in [0, 0.1) is 11.7 Å². The summed E-state index contributed by atoms with van der Waals surface area (Å²) in [5, 5.41) is 0.455. The van der Waals surface area contributed by atoms with E-state index in [9.17, 15) is 9.18 Å². The van der Waals surface area contributed by atoms with Crippen LogP contribution in [0.1, 0.15) is 23.5 Å². The Hall–Kier alpha value is -1.67. The summed E-state index contributed by atoms with van der Waals surface area (Å²) in [6, 6.07) is 14.2. The van der Waals surface area contributed by atoms with Crippen molar-refractivity contribution in [2.45, 2.75) is 18.8 Å². The van der Waals surface area contributed by atoms with Crippen molar-refractivity contribution in [2.24, 2.45) is 5.92 Å². The lowest BCUT2D eigenvalue weighted by atomic mass is 10.0. The minimum atomic E-state index is -0.354. The van der Waals surface area contributed by atoms with Gasteiger partial charge in [0.15, 0.2) is 0 Å². The molecule has 2 aromatic rings. The monoisotopic (exact) mass is 288 g/mol. The predicted molar refractivity (Wildman–Crippen MR) is 77.4 cm³/mol. The van der Waals surface area contributed by atoms with Crippen molar-refractivity contribution in [1.82, 2.24) is 0 Å². The number of halogens is 2. The molecule has 1 fully saturated rings. The summed E-state index contributed by atoms with van der Waals surface area (Å²) in [5.41, 5.74) is 1.78. The van der Waals surface area contributed by atoms with Crippen LogP contribution in [0.3, 0.4) is 0 Å². The van der Waals surface area contributed by atoms with Crippen LogP contribution in [0.25, 0.3) is 0 Å². The fraction of sp³-hybridized carbons (Fsp3) is 0.235. The highest BCUT2D eigenvalue weighted by Gasteiger charge is 2.43. The van der Waals surface area contributed by atoms with Crippen LogP contribution in [-0.4, -0.2) is 5.78 Å². The highest BCUT2D eigenvalue weighted by atomic mass is 35.5. The number of hydrogen-bond donors (Lipinski definition) is 0. The SMILES string of the molecule is O=C(Cc1cc(F)ccc1Cl)C1CC1c1ccccc1. The quantitative estimate of drug-likeness (QED) is 0.815. The highest BCUT2D eigenvalue weighted by molar-refractivity contribution is 6.31. The first-order valence-corrected chi connectivity index (χ1v) is 7.04. The van der Waals surface area contributed by atoms with Crippen LogP contribution in [0.15, 0.2) is 48.5 Å². The first kappa shape index (κ1) is 13.3. The summed E-state index contributed by atoms with van der Waals surface area (Å²) in [6.07, 6.45) is 1.10. The van der Waals surface area contributed by atoms with E-state index in [2.05, 4.69) is 0 Å². The van der Waals surface area contributed by atoms with E-state index in [1.54, 1.807) is 0 Å². The van der Waals surface area contributed by atoms with Gasteiger partial charge in [-0.2, -0.15) is 0 Å².